The van der Waals surface area contributed by atoms with Crippen LogP contribution < -0.4 is 5.73 Å². The molecule has 0 saturated carbocycles. The molecule has 0 spiro atoms. The molecule has 0 aliphatic rings. The van der Waals surface area contributed by atoms with Gasteiger partial charge in [0.25, 0.3) is 0 Å². The first-order valence-corrected chi connectivity index (χ1v) is 8.86. The van der Waals surface area contributed by atoms with E-state index in [1.165, 1.54) is 0 Å². The highest BCUT2D eigenvalue weighted by Gasteiger charge is 2.17. The van der Waals surface area contributed by atoms with Gasteiger partial charge in [-0.05, 0) is 30.7 Å². The van der Waals surface area contributed by atoms with E-state index >= 15 is 0 Å². The molecule has 2 N–H and O–H groups in total. The van der Waals surface area contributed by atoms with Crippen LogP contribution in [0.5, 0.6) is 0 Å². The van der Waals surface area contributed by atoms with Crippen LogP contribution >= 0.6 is 11.6 Å². The quantitative estimate of drug-likeness (QED) is 0.506. The standard InChI is InChI=1S/C22H17ClN4/c1-13(2)18-22(24)27-20(14-7-4-3-5-8-14)21(26-18)16-11-15-9-6-10-25-19(15)17(23)12-16/h3-12H,1H2,2H3,(H2,24,27). The van der Waals surface area contributed by atoms with Gasteiger partial charge in [-0.2, -0.15) is 0 Å². The molecular formula is C22H17ClN4. The van der Waals surface area contributed by atoms with Crippen LogP contribution in [-0.4, -0.2) is 15.0 Å². The van der Waals surface area contributed by atoms with Gasteiger partial charge in [0.2, 0.25) is 0 Å². The molecule has 0 bridgehead atoms. The number of nitrogens with two attached hydrogens (primary N) is 1. The predicted molar refractivity (Wildman–Crippen MR) is 112 cm³/mol. The number of anilines is 1. The van der Waals surface area contributed by atoms with Gasteiger partial charge >= 0.3 is 0 Å². The zero-order valence-electron chi connectivity index (χ0n) is 14.8. The Morgan fingerprint density at radius 1 is 0.963 bits per heavy atom. The molecule has 0 aliphatic carbocycles. The van der Waals surface area contributed by atoms with E-state index in [-0.39, 0.29) is 0 Å². The van der Waals surface area contributed by atoms with E-state index in [0.29, 0.717) is 27.9 Å². The number of allylic oxidation sites excluding steroid dienone is 1. The van der Waals surface area contributed by atoms with Gasteiger partial charge in [-0.15, -0.1) is 0 Å². The minimum atomic E-state index is 0.360. The Labute approximate surface area is 162 Å². The molecule has 0 amide bonds. The number of nitrogens with zero attached hydrogens (tertiary/aromatic N) is 3. The van der Waals surface area contributed by atoms with Gasteiger partial charge in [-0.25, -0.2) is 9.97 Å². The summed E-state index contributed by atoms with van der Waals surface area (Å²) in [5.74, 6) is 0.360. The Morgan fingerprint density at radius 3 is 2.44 bits per heavy atom. The predicted octanol–water partition coefficient (Wildman–Crippen LogP) is 5.63. The number of aromatic nitrogens is 3. The maximum Gasteiger partial charge on any atom is 0.150 e. The monoisotopic (exact) mass is 372 g/mol. The molecule has 0 saturated heterocycles. The van der Waals surface area contributed by atoms with Gasteiger partial charge in [0, 0.05) is 22.7 Å². The van der Waals surface area contributed by atoms with Gasteiger partial charge in [0.15, 0.2) is 0 Å². The molecule has 132 valence electrons. The summed E-state index contributed by atoms with van der Waals surface area (Å²) in [6, 6.07) is 17.6. The van der Waals surface area contributed by atoms with E-state index in [4.69, 9.17) is 22.3 Å². The molecule has 2 aromatic carbocycles. The molecule has 0 radical (unpaired) electrons. The third-order valence-electron chi connectivity index (χ3n) is 4.31. The number of rotatable bonds is 3. The number of hydrogen-bond acceptors (Lipinski definition) is 4. The fourth-order valence-electron chi connectivity index (χ4n) is 3.05. The zero-order valence-corrected chi connectivity index (χ0v) is 15.5. The van der Waals surface area contributed by atoms with Gasteiger partial charge in [-0.1, -0.05) is 54.6 Å². The number of pyridine rings is 1. The molecule has 4 nitrogen and oxygen atoms in total. The number of fused-ring (bicyclic) bond motifs is 1. The summed E-state index contributed by atoms with van der Waals surface area (Å²) in [4.78, 5) is 13.8. The summed E-state index contributed by atoms with van der Waals surface area (Å²) in [6.07, 6.45) is 1.73. The molecule has 0 fully saturated rings. The lowest BCUT2D eigenvalue weighted by Gasteiger charge is -2.14. The molecule has 5 heteroatoms. The molecule has 0 atom stereocenters. The molecule has 27 heavy (non-hydrogen) atoms. The van der Waals surface area contributed by atoms with E-state index in [0.717, 1.165) is 27.6 Å². The first-order valence-electron chi connectivity index (χ1n) is 8.48. The highest BCUT2D eigenvalue weighted by atomic mass is 35.5. The van der Waals surface area contributed by atoms with Gasteiger partial charge < -0.3 is 5.73 Å². The third kappa shape index (κ3) is 3.15. The van der Waals surface area contributed by atoms with Crippen molar-refractivity contribution in [3.8, 4) is 22.5 Å². The lowest BCUT2D eigenvalue weighted by Crippen LogP contribution is -2.04. The second kappa shape index (κ2) is 6.82. The summed E-state index contributed by atoms with van der Waals surface area (Å²) < 4.78 is 0. The van der Waals surface area contributed by atoms with E-state index in [9.17, 15) is 0 Å². The highest BCUT2D eigenvalue weighted by Crippen LogP contribution is 2.35. The fourth-order valence-corrected chi connectivity index (χ4v) is 3.32. The van der Waals surface area contributed by atoms with Crippen molar-refractivity contribution in [2.75, 3.05) is 5.73 Å². The summed E-state index contributed by atoms with van der Waals surface area (Å²) in [7, 11) is 0. The van der Waals surface area contributed by atoms with Crippen molar-refractivity contribution in [2.24, 2.45) is 0 Å². The van der Waals surface area contributed by atoms with Crippen molar-refractivity contribution in [1.29, 1.82) is 0 Å². The van der Waals surface area contributed by atoms with Crippen molar-refractivity contribution < 1.29 is 0 Å². The lowest BCUT2D eigenvalue weighted by atomic mass is 10.0. The van der Waals surface area contributed by atoms with Gasteiger partial charge in [0.1, 0.15) is 11.5 Å². The van der Waals surface area contributed by atoms with Crippen LogP contribution in [0.1, 0.15) is 12.6 Å². The van der Waals surface area contributed by atoms with Crippen LogP contribution in [0.3, 0.4) is 0 Å². The zero-order chi connectivity index (χ0) is 19.0. The van der Waals surface area contributed by atoms with Crippen molar-refractivity contribution in [2.45, 2.75) is 6.92 Å². The number of benzene rings is 2. The minimum Gasteiger partial charge on any atom is -0.382 e. The second-order valence-electron chi connectivity index (χ2n) is 6.33. The molecule has 4 rings (SSSR count). The van der Waals surface area contributed by atoms with Crippen molar-refractivity contribution >= 4 is 33.9 Å². The number of halogens is 1. The van der Waals surface area contributed by atoms with E-state index in [1.807, 2.05) is 61.5 Å². The highest BCUT2D eigenvalue weighted by molar-refractivity contribution is 6.35. The Morgan fingerprint density at radius 2 is 1.70 bits per heavy atom. The van der Waals surface area contributed by atoms with E-state index in [2.05, 4.69) is 16.5 Å². The van der Waals surface area contributed by atoms with E-state index in [1.54, 1.807) is 6.20 Å². The molecule has 4 aromatic rings. The van der Waals surface area contributed by atoms with Crippen LogP contribution in [-0.2, 0) is 0 Å². The largest absolute Gasteiger partial charge is 0.382 e. The average Bonchev–Trinajstić information content (AvgIpc) is 2.68. The maximum absolute atomic E-state index is 6.49. The normalized spacial score (nSPS) is 10.9. The summed E-state index contributed by atoms with van der Waals surface area (Å²) in [5.41, 5.74) is 11.5. The molecule has 2 aromatic heterocycles. The molecule has 2 heterocycles. The Kier molecular flexibility index (Phi) is 4.34. The Hall–Kier alpha value is -3.24. The Bertz CT molecular complexity index is 1170. The van der Waals surface area contributed by atoms with E-state index < -0.39 is 0 Å². The topological polar surface area (TPSA) is 64.7 Å². The summed E-state index contributed by atoms with van der Waals surface area (Å²) >= 11 is 6.49. The first kappa shape index (κ1) is 17.2. The fraction of sp³-hybridized carbons (Fsp3) is 0.0455. The smallest absolute Gasteiger partial charge is 0.150 e. The second-order valence-corrected chi connectivity index (χ2v) is 6.74. The number of nitrogen functional groups attached to an aromatic ring is 1. The van der Waals surface area contributed by atoms with Crippen molar-refractivity contribution in [3.05, 3.63) is 78.1 Å². The molecule has 0 aliphatic heterocycles. The minimum absolute atomic E-state index is 0.360. The summed E-state index contributed by atoms with van der Waals surface area (Å²) in [5, 5.41) is 1.51. The summed E-state index contributed by atoms with van der Waals surface area (Å²) in [6.45, 7) is 5.84. The van der Waals surface area contributed by atoms with Crippen molar-refractivity contribution in [1.82, 2.24) is 15.0 Å². The van der Waals surface area contributed by atoms with Crippen molar-refractivity contribution in [3.63, 3.8) is 0 Å². The molecule has 0 unspecified atom stereocenters. The maximum atomic E-state index is 6.49. The van der Waals surface area contributed by atoms with Crippen LogP contribution in [0.15, 0.2) is 67.4 Å². The van der Waals surface area contributed by atoms with Crippen LogP contribution in [0.2, 0.25) is 5.02 Å². The van der Waals surface area contributed by atoms with Gasteiger partial charge in [0.05, 0.1) is 21.9 Å². The third-order valence-corrected chi connectivity index (χ3v) is 4.59. The Balaban J connectivity index is 2.04. The SMILES string of the molecule is C=C(C)c1nc(-c2cc(Cl)c3ncccc3c2)c(-c2ccccc2)nc1N. The average molecular weight is 373 g/mol. The molecular weight excluding hydrogens is 356 g/mol. The van der Waals surface area contributed by atoms with Crippen LogP contribution in [0, 0.1) is 0 Å². The lowest BCUT2D eigenvalue weighted by molar-refractivity contribution is 1.18. The number of hydrogen-bond donors (Lipinski definition) is 1. The van der Waals surface area contributed by atoms with Crippen LogP contribution in [0.25, 0.3) is 39.0 Å². The van der Waals surface area contributed by atoms with Gasteiger partial charge in [-0.3, -0.25) is 4.98 Å². The first-order chi connectivity index (χ1) is 13.0. The van der Waals surface area contributed by atoms with Crippen LogP contribution in [0.4, 0.5) is 5.82 Å².